The number of fused-ring (bicyclic) bond motifs is 2. The van der Waals surface area contributed by atoms with Crippen molar-refractivity contribution < 1.29 is 0 Å². The fraction of sp³-hybridized carbons (Fsp3) is 0.150. The molecule has 0 fully saturated rings. The minimum Gasteiger partial charge on any atom is -0.355 e. The maximum atomic E-state index is 4.35. The average molecular weight is 425 g/mol. The van der Waals surface area contributed by atoms with Crippen LogP contribution in [0.15, 0.2) is 52.5 Å². The molecule has 4 nitrogen and oxygen atoms in total. The fourth-order valence-electron chi connectivity index (χ4n) is 3.42. The van der Waals surface area contributed by atoms with Crippen molar-refractivity contribution in [2.75, 3.05) is 18.4 Å². The van der Waals surface area contributed by atoms with Gasteiger partial charge in [-0.05, 0) is 70.9 Å². The van der Waals surface area contributed by atoms with Gasteiger partial charge in [0, 0.05) is 33.3 Å². The van der Waals surface area contributed by atoms with Crippen LogP contribution in [0.4, 0.5) is 11.4 Å². The van der Waals surface area contributed by atoms with E-state index in [1.807, 2.05) is 5.51 Å². The summed E-state index contributed by atoms with van der Waals surface area (Å²) in [6.07, 6.45) is 3.33. The first kappa shape index (κ1) is 16.1. The van der Waals surface area contributed by atoms with Gasteiger partial charge in [0.15, 0.2) is 0 Å². The number of nitrogens with one attached hydrogen (secondary N) is 3. The lowest BCUT2D eigenvalue weighted by Gasteiger charge is -2.12. The Kier molecular flexibility index (Phi) is 4.04. The molecular formula is C20H17BrN4S. The molecule has 0 unspecified atom stereocenters. The molecule has 1 aliphatic heterocycles. The normalized spacial score (nSPS) is 14.7. The topological polar surface area (TPSA) is 52.7 Å². The molecule has 0 atom stereocenters. The molecule has 3 heterocycles. The van der Waals surface area contributed by atoms with Gasteiger partial charge in [0.05, 0.1) is 21.4 Å². The number of hydrogen-bond acceptors (Lipinski definition) is 4. The molecule has 2 aromatic carbocycles. The highest BCUT2D eigenvalue weighted by molar-refractivity contribution is 9.10. The van der Waals surface area contributed by atoms with Crippen LogP contribution in [0, 0.1) is 0 Å². The summed E-state index contributed by atoms with van der Waals surface area (Å²) in [5.41, 5.74) is 8.82. The van der Waals surface area contributed by atoms with Gasteiger partial charge in [-0.25, -0.2) is 4.98 Å². The molecule has 0 radical (unpaired) electrons. The largest absolute Gasteiger partial charge is 0.355 e. The zero-order valence-electron chi connectivity index (χ0n) is 14.0. The lowest BCUT2D eigenvalue weighted by molar-refractivity contribution is 0.737. The van der Waals surface area contributed by atoms with Gasteiger partial charge in [0.2, 0.25) is 0 Å². The van der Waals surface area contributed by atoms with Gasteiger partial charge >= 0.3 is 0 Å². The molecule has 3 N–H and O–H groups in total. The number of nitrogens with zero attached hydrogens (tertiary/aromatic N) is 1. The second kappa shape index (κ2) is 6.54. The molecule has 0 saturated heterocycles. The van der Waals surface area contributed by atoms with Crippen LogP contribution < -0.4 is 10.6 Å². The standard InChI is InChI=1S/C20H17BrN4S/c21-15-2-4-16-14(10-18(25-16)12-5-7-22-8-6-12)20(15)24-13-1-3-17-19(9-13)26-11-23-17/h1-5,9-11,22,24-25H,6-8H2. The molecule has 4 aromatic rings. The summed E-state index contributed by atoms with van der Waals surface area (Å²) in [7, 11) is 0. The van der Waals surface area contributed by atoms with Crippen molar-refractivity contribution >= 4 is 65.3 Å². The van der Waals surface area contributed by atoms with Crippen molar-refractivity contribution in [2.24, 2.45) is 0 Å². The number of H-pyrrole nitrogens is 1. The predicted octanol–water partition coefficient (Wildman–Crippen LogP) is 5.66. The zero-order valence-corrected chi connectivity index (χ0v) is 16.4. The van der Waals surface area contributed by atoms with Crippen LogP contribution in [0.1, 0.15) is 12.1 Å². The van der Waals surface area contributed by atoms with Gasteiger partial charge < -0.3 is 15.6 Å². The van der Waals surface area contributed by atoms with E-state index in [9.17, 15) is 0 Å². The van der Waals surface area contributed by atoms with E-state index in [1.165, 1.54) is 21.4 Å². The third kappa shape index (κ3) is 2.84. The van der Waals surface area contributed by atoms with Gasteiger partial charge in [-0.3, -0.25) is 0 Å². The Labute approximate surface area is 163 Å². The van der Waals surface area contributed by atoms with Crippen LogP contribution in [0.3, 0.4) is 0 Å². The van der Waals surface area contributed by atoms with Gasteiger partial charge in [-0.1, -0.05) is 6.08 Å². The van der Waals surface area contributed by atoms with Crippen LogP contribution >= 0.6 is 27.3 Å². The van der Waals surface area contributed by atoms with Crippen LogP contribution in [0.5, 0.6) is 0 Å². The summed E-state index contributed by atoms with van der Waals surface area (Å²) in [5, 5.41) is 8.16. The van der Waals surface area contributed by atoms with Gasteiger partial charge in [0.25, 0.3) is 0 Å². The van der Waals surface area contributed by atoms with E-state index in [0.29, 0.717) is 0 Å². The molecule has 1 aliphatic rings. The molecule has 0 bridgehead atoms. The van der Waals surface area contributed by atoms with Gasteiger partial charge in [-0.15, -0.1) is 11.3 Å². The molecule has 5 rings (SSSR count). The first-order chi connectivity index (χ1) is 12.8. The Morgan fingerprint density at radius 3 is 3.00 bits per heavy atom. The summed E-state index contributed by atoms with van der Waals surface area (Å²) < 4.78 is 2.24. The Morgan fingerprint density at radius 2 is 2.12 bits per heavy atom. The van der Waals surface area contributed by atoms with E-state index in [2.05, 4.69) is 79.0 Å². The van der Waals surface area contributed by atoms with E-state index in [4.69, 9.17) is 0 Å². The molecule has 2 aromatic heterocycles. The number of aromatic amines is 1. The third-order valence-electron chi connectivity index (χ3n) is 4.76. The first-order valence-electron chi connectivity index (χ1n) is 8.59. The zero-order chi connectivity index (χ0) is 17.5. The number of benzene rings is 2. The Morgan fingerprint density at radius 1 is 1.15 bits per heavy atom. The van der Waals surface area contributed by atoms with Crippen LogP contribution in [-0.2, 0) is 0 Å². The van der Waals surface area contributed by atoms with E-state index in [1.54, 1.807) is 11.3 Å². The minimum absolute atomic E-state index is 0.939. The predicted molar refractivity (Wildman–Crippen MR) is 114 cm³/mol. The van der Waals surface area contributed by atoms with Crippen molar-refractivity contribution in [3.63, 3.8) is 0 Å². The third-order valence-corrected chi connectivity index (χ3v) is 6.22. The number of thiazole rings is 1. The summed E-state index contributed by atoms with van der Waals surface area (Å²) in [5.74, 6) is 0. The van der Waals surface area contributed by atoms with Crippen molar-refractivity contribution in [2.45, 2.75) is 6.42 Å². The molecule has 0 aliphatic carbocycles. The second-order valence-electron chi connectivity index (χ2n) is 6.41. The van der Waals surface area contributed by atoms with Crippen molar-refractivity contribution in [3.05, 3.63) is 58.2 Å². The number of halogens is 1. The van der Waals surface area contributed by atoms with E-state index in [-0.39, 0.29) is 0 Å². The molecular weight excluding hydrogens is 408 g/mol. The summed E-state index contributed by atoms with van der Waals surface area (Å²) >= 11 is 5.37. The fourth-order valence-corrected chi connectivity index (χ4v) is 4.58. The van der Waals surface area contributed by atoms with Crippen LogP contribution in [-0.4, -0.2) is 23.1 Å². The SMILES string of the molecule is Brc1ccc2[nH]c(C3=CCNCC3)cc2c1Nc1ccc2ncsc2c1. The van der Waals surface area contributed by atoms with E-state index < -0.39 is 0 Å². The second-order valence-corrected chi connectivity index (χ2v) is 8.15. The highest BCUT2D eigenvalue weighted by atomic mass is 79.9. The van der Waals surface area contributed by atoms with Crippen molar-refractivity contribution in [1.82, 2.24) is 15.3 Å². The molecule has 0 amide bonds. The van der Waals surface area contributed by atoms with Gasteiger partial charge in [-0.2, -0.15) is 0 Å². The maximum Gasteiger partial charge on any atom is 0.0813 e. The first-order valence-corrected chi connectivity index (χ1v) is 10.3. The maximum absolute atomic E-state index is 4.35. The van der Waals surface area contributed by atoms with E-state index in [0.717, 1.165) is 46.4 Å². The lowest BCUT2D eigenvalue weighted by atomic mass is 10.1. The quantitative estimate of drug-likeness (QED) is 0.397. The molecule has 0 spiro atoms. The minimum atomic E-state index is 0.939. The smallest absolute Gasteiger partial charge is 0.0813 e. The van der Waals surface area contributed by atoms with Gasteiger partial charge in [0.1, 0.15) is 0 Å². The average Bonchev–Trinajstić information content (AvgIpc) is 3.31. The summed E-state index contributed by atoms with van der Waals surface area (Å²) in [6, 6.07) is 12.8. The number of rotatable bonds is 3. The number of hydrogen-bond donors (Lipinski definition) is 3. The molecule has 130 valence electrons. The highest BCUT2D eigenvalue weighted by Crippen LogP contribution is 2.36. The van der Waals surface area contributed by atoms with Crippen molar-refractivity contribution in [1.29, 1.82) is 0 Å². The van der Waals surface area contributed by atoms with E-state index >= 15 is 0 Å². The van der Waals surface area contributed by atoms with Crippen LogP contribution in [0.2, 0.25) is 0 Å². The monoisotopic (exact) mass is 424 g/mol. The van der Waals surface area contributed by atoms with Crippen LogP contribution in [0.25, 0.3) is 26.7 Å². The van der Waals surface area contributed by atoms with Crippen molar-refractivity contribution in [3.8, 4) is 0 Å². The summed E-state index contributed by atoms with van der Waals surface area (Å²) in [4.78, 5) is 7.93. The number of anilines is 2. The highest BCUT2D eigenvalue weighted by Gasteiger charge is 2.13. The lowest BCUT2D eigenvalue weighted by Crippen LogP contribution is -2.20. The molecule has 0 saturated carbocycles. The summed E-state index contributed by atoms with van der Waals surface area (Å²) in [6.45, 7) is 1.97. The Bertz CT molecular complexity index is 1140. The number of aromatic nitrogens is 2. The molecule has 26 heavy (non-hydrogen) atoms. The Hall–Kier alpha value is -2.15. The Balaban J connectivity index is 1.58. The molecule has 6 heteroatoms.